The summed E-state index contributed by atoms with van der Waals surface area (Å²) in [5, 5.41) is 4.10. The van der Waals surface area contributed by atoms with Crippen molar-refractivity contribution in [2.75, 3.05) is 17.6 Å². The average molecular weight is 366 g/mol. The van der Waals surface area contributed by atoms with E-state index in [4.69, 9.17) is 5.73 Å². The number of halogens is 4. The van der Waals surface area contributed by atoms with Gasteiger partial charge in [0, 0.05) is 11.9 Å². The first-order chi connectivity index (χ1) is 11.7. The van der Waals surface area contributed by atoms with E-state index >= 15 is 0 Å². The first-order valence-electron chi connectivity index (χ1n) is 7.02. The molecule has 2 heterocycles. The first-order valence-corrected chi connectivity index (χ1v) is 7.02. The number of nitrogens with one attached hydrogen (secondary N) is 2. The van der Waals surface area contributed by atoms with Crippen LogP contribution in [0.3, 0.4) is 0 Å². The van der Waals surface area contributed by atoms with Gasteiger partial charge in [-0.25, -0.2) is 19.3 Å². The number of amides is 1. The quantitative estimate of drug-likeness (QED) is 0.703. The Labute approximate surface area is 145 Å². The molecule has 0 bridgehead atoms. The SMILES string of the molecule is C[C@H](Nc1nc(-c2cccnc2N)ncc1F)C(=O)NCC(F)(F)F.[HH].[HH].[HH].[HH]. The van der Waals surface area contributed by atoms with E-state index in [9.17, 15) is 22.4 Å². The fraction of sp³-hybridized carbons (Fsp3) is 0.286. The number of nitrogen functional groups attached to an aromatic ring is 1. The highest BCUT2D eigenvalue weighted by molar-refractivity contribution is 5.84. The van der Waals surface area contributed by atoms with Gasteiger partial charge in [0.15, 0.2) is 17.5 Å². The minimum Gasteiger partial charge on any atom is -0.383 e. The van der Waals surface area contributed by atoms with Gasteiger partial charge < -0.3 is 16.4 Å². The Hall–Kier alpha value is -2.98. The molecule has 0 fully saturated rings. The number of carbonyl (C=O) groups excluding carboxylic acids is 1. The van der Waals surface area contributed by atoms with E-state index in [1.54, 1.807) is 17.4 Å². The number of hydrogen-bond acceptors (Lipinski definition) is 6. The van der Waals surface area contributed by atoms with Crippen molar-refractivity contribution < 1.29 is 28.1 Å². The van der Waals surface area contributed by atoms with Crippen molar-refractivity contribution in [2.24, 2.45) is 0 Å². The van der Waals surface area contributed by atoms with Gasteiger partial charge in [0.2, 0.25) is 5.91 Å². The summed E-state index contributed by atoms with van der Waals surface area (Å²) in [6.07, 6.45) is -2.23. The Morgan fingerprint density at radius 2 is 2.12 bits per heavy atom. The normalized spacial score (nSPS) is 12.5. The van der Waals surface area contributed by atoms with E-state index in [-0.39, 0.29) is 23.2 Å². The summed E-state index contributed by atoms with van der Waals surface area (Å²) in [6.45, 7) is -0.215. The van der Waals surface area contributed by atoms with Crippen LogP contribution in [0.4, 0.5) is 29.2 Å². The van der Waals surface area contributed by atoms with Crippen molar-refractivity contribution in [3.63, 3.8) is 0 Å². The van der Waals surface area contributed by atoms with Gasteiger partial charge in [0.05, 0.1) is 11.8 Å². The van der Waals surface area contributed by atoms with Gasteiger partial charge in [0.1, 0.15) is 18.4 Å². The minimum absolute atomic E-state index is 0. The molecule has 0 saturated heterocycles. The van der Waals surface area contributed by atoms with Crippen LogP contribution in [0.1, 0.15) is 12.6 Å². The molecule has 2 rings (SSSR count). The number of nitrogens with zero attached hydrogens (tertiary/aromatic N) is 3. The number of rotatable bonds is 5. The molecule has 0 radical (unpaired) electrons. The number of hydrogen-bond donors (Lipinski definition) is 3. The first kappa shape index (κ1) is 18.4. The molecule has 0 aliphatic heterocycles. The molecule has 4 N–H and O–H groups in total. The molecule has 7 nitrogen and oxygen atoms in total. The molecule has 11 heteroatoms. The molecule has 2 aromatic rings. The van der Waals surface area contributed by atoms with Gasteiger partial charge in [-0.3, -0.25) is 4.79 Å². The third-order valence-corrected chi connectivity index (χ3v) is 3.03. The van der Waals surface area contributed by atoms with Crippen molar-refractivity contribution in [2.45, 2.75) is 19.1 Å². The lowest BCUT2D eigenvalue weighted by Gasteiger charge is -2.16. The van der Waals surface area contributed by atoms with Crippen LogP contribution in [-0.4, -0.2) is 39.6 Å². The monoisotopic (exact) mass is 366 g/mol. The second-order valence-electron chi connectivity index (χ2n) is 5.03. The van der Waals surface area contributed by atoms with Gasteiger partial charge in [-0.05, 0) is 19.1 Å². The predicted octanol–water partition coefficient (Wildman–Crippen LogP) is 2.72. The van der Waals surface area contributed by atoms with Crippen molar-refractivity contribution in [3.05, 3.63) is 30.3 Å². The second kappa shape index (κ2) is 7.28. The second-order valence-corrected chi connectivity index (χ2v) is 5.03. The lowest BCUT2D eigenvalue weighted by molar-refractivity contribution is -0.138. The fourth-order valence-electron chi connectivity index (χ4n) is 1.82. The maximum absolute atomic E-state index is 13.8. The molecule has 1 atom stereocenters. The molecule has 0 saturated carbocycles. The van der Waals surface area contributed by atoms with Crippen LogP contribution in [-0.2, 0) is 4.79 Å². The van der Waals surface area contributed by atoms with Gasteiger partial charge in [0.25, 0.3) is 0 Å². The molecule has 25 heavy (non-hydrogen) atoms. The predicted molar refractivity (Wildman–Crippen MR) is 90.2 cm³/mol. The summed E-state index contributed by atoms with van der Waals surface area (Å²) in [5.74, 6) is -2.00. The van der Waals surface area contributed by atoms with E-state index in [2.05, 4.69) is 20.3 Å². The number of aromatic nitrogens is 3. The number of nitrogens with two attached hydrogens (primary N) is 1. The van der Waals surface area contributed by atoms with Crippen LogP contribution >= 0.6 is 0 Å². The minimum atomic E-state index is -4.54. The fourth-order valence-corrected chi connectivity index (χ4v) is 1.82. The number of anilines is 2. The number of alkyl halides is 3. The van der Waals surface area contributed by atoms with Crippen molar-refractivity contribution >= 4 is 17.5 Å². The van der Waals surface area contributed by atoms with Crippen LogP contribution in [0, 0.1) is 5.82 Å². The topological polar surface area (TPSA) is 106 Å². The Morgan fingerprint density at radius 3 is 2.76 bits per heavy atom. The molecule has 0 unspecified atom stereocenters. The third kappa shape index (κ3) is 4.99. The smallest absolute Gasteiger partial charge is 0.383 e. The third-order valence-electron chi connectivity index (χ3n) is 3.03. The van der Waals surface area contributed by atoms with Crippen LogP contribution < -0.4 is 16.4 Å². The summed E-state index contributed by atoms with van der Waals surface area (Å²) >= 11 is 0. The molecular formula is C14H22F4N6O. The molecule has 142 valence electrons. The lowest BCUT2D eigenvalue weighted by Crippen LogP contribution is -2.42. The van der Waals surface area contributed by atoms with E-state index in [0.29, 0.717) is 5.56 Å². The van der Waals surface area contributed by atoms with Crippen LogP contribution in [0.15, 0.2) is 24.5 Å². The molecule has 2 aromatic heterocycles. The highest BCUT2D eigenvalue weighted by Crippen LogP contribution is 2.22. The zero-order chi connectivity index (χ0) is 18.6. The van der Waals surface area contributed by atoms with Crippen LogP contribution in [0.5, 0.6) is 0 Å². The molecular weight excluding hydrogens is 344 g/mol. The molecule has 0 aliphatic rings. The van der Waals surface area contributed by atoms with Gasteiger partial charge in [-0.1, -0.05) is 0 Å². The van der Waals surface area contributed by atoms with Crippen LogP contribution in [0.2, 0.25) is 0 Å². The molecule has 0 aliphatic carbocycles. The molecule has 0 spiro atoms. The Bertz CT molecular complexity index is 784. The van der Waals surface area contributed by atoms with Crippen molar-refractivity contribution in [3.8, 4) is 11.4 Å². The summed E-state index contributed by atoms with van der Waals surface area (Å²) < 4.78 is 50.2. The molecule has 1 amide bonds. The zero-order valence-electron chi connectivity index (χ0n) is 12.9. The number of carbonyl (C=O) groups is 1. The van der Waals surface area contributed by atoms with E-state index in [1.165, 1.54) is 13.1 Å². The maximum atomic E-state index is 13.8. The van der Waals surface area contributed by atoms with Crippen LogP contribution in [0.25, 0.3) is 11.4 Å². The highest BCUT2D eigenvalue weighted by Gasteiger charge is 2.29. The average Bonchev–Trinajstić information content (AvgIpc) is 2.54. The number of pyridine rings is 1. The van der Waals surface area contributed by atoms with E-state index in [1.807, 2.05) is 0 Å². The summed E-state index contributed by atoms with van der Waals surface area (Å²) in [4.78, 5) is 23.2. The van der Waals surface area contributed by atoms with Gasteiger partial charge in [-0.2, -0.15) is 13.2 Å². The van der Waals surface area contributed by atoms with Crippen molar-refractivity contribution in [1.29, 1.82) is 0 Å². The summed E-state index contributed by atoms with van der Waals surface area (Å²) in [7, 11) is 0. The summed E-state index contributed by atoms with van der Waals surface area (Å²) in [6, 6.07) is 1.99. The Kier molecular flexibility index (Phi) is 5.35. The standard InChI is InChI=1S/C14H14F4N6O.4H2/c1-7(13(25)22-6-14(16,17)18)23-12-9(15)5-21-11(24-12)8-3-2-4-20-10(8)19;;;;/h2-5,7H,6H2,1H3,(H2,19,20)(H,22,25)(H,21,23,24);4*1H/t7-;;;;/m0..../s1. The van der Waals surface area contributed by atoms with Gasteiger partial charge >= 0.3 is 6.18 Å². The zero-order valence-corrected chi connectivity index (χ0v) is 12.9. The van der Waals surface area contributed by atoms with E-state index < -0.39 is 30.5 Å². The Balaban J connectivity index is -0.00000169. The molecule has 0 aromatic carbocycles. The van der Waals surface area contributed by atoms with Crippen molar-refractivity contribution in [1.82, 2.24) is 20.3 Å². The summed E-state index contributed by atoms with van der Waals surface area (Å²) in [5.41, 5.74) is 6.04. The lowest BCUT2D eigenvalue weighted by atomic mass is 10.2. The highest BCUT2D eigenvalue weighted by atomic mass is 19.4. The van der Waals surface area contributed by atoms with E-state index in [0.717, 1.165) is 6.20 Å². The largest absolute Gasteiger partial charge is 0.405 e. The maximum Gasteiger partial charge on any atom is 0.405 e. The Morgan fingerprint density at radius 1 is 1.40 bits per heavy atom. The van der Waals surface area contributed by atoms with Gasteiger partial charge in [-0.15, -0.1) is 0 Å².